The Morgan fingerprint density at radius 2 is 1.57 bits per heavy atom. The maximum Gasteiger partial charge on any atom is 0.407 e. The number of carbonyl (C=O) groups excluding carboxylic acids is 2. The molecule has 3 aliphatic carbocycles. The van der Waals surface area contributed by atoms with Crippen LogP contribution in [0.1, 0.15) is 68.4 Å². The molecule has 2 fully saturated rings. The van der Waals surface area contributed by atoms with E-state index in [1.165, 1.54) is 11.1 Å². The van der Waals surface area contributed by atoms with E-state index in [1.54, 1.807) is 0 Å². The molecule has 0 aromatic heterocycles. The van der Waals surface area contributed by atoms with E-state index in [4.69, 9.17) is 4.74 Å². The average Bonchev–Trinajstić information content (AvgIpc) is 3.56. The first-order valence-corrected chi connectivity index (χ1v) is 12.6. The highest BCUT2D eigenvalue weighted by molar-refractivity contribution is 5.80. The lowest BCUT2D eigenvalue weighted by atomic mass is 9.92. The van der Waals surface area contributed by atoms with Crippen molar-refractivity contribution in [3.05, 3.63) is 59.7 Å². The van der Waals surface area contributed by atoms with Crippen molar-refractivity contribution >= 4 is 18.0 Å². The maximum absolute atomic E-state index is 12.9. The molecule has 184 valence electrons. The highest BCUT2D eigenvalue weighted by Crippen LogP contribution is 2.44. The second-order valence-electron chi connectivity index (χ2n) is 10.2. The van der Waals surface area contributed by atoms with Crippen LogP contribution in [-0.2, 0) is 14.3 Å². The van der Waals surface area contributed by atoms with Gasteiger partial charge in [0.25, 0.3) is 0 Å². The van der Waals surface area contributed by atoms with Crippen molar-refractivity contribution in [2.75, 3.05) is 6.61 Å². The smallest absolute Gasteiger partial charge is 0.407 e. The lowest BCUT2D eigenvalue weighted by Crippen LogP contribution is -2.50. The van der Waals surface area contributed by atoms with Crippen LogP contribution in [0.25, 0.3) is 11.1 Å². The zero-order chi connectivity index (χ0) is 24.4. The SMILES string of the molecule is O=C(CC1(NC(=O)OCC2c3ccccc3-c3ccccc32)CCCC1)N[C@H]1CC[C@@H](C(=O)O)C1. The van der Waals surface area contributed by atoms with Crippen LogP contribution < -0.4 is 10.6 Å². The molecule has 0 heterocycles. The predicted octanol–water partition coefficient (Wildman–Crippen LogP) is 4.60. The van der Waals surface area contributed by atoms with Crippen LogP contribution in [-0.4, -0.2) is 41.3 Å². The third-order valence-corrected chi connectivity index (χ3v) is 7.92. The van der Waals surface area contributed by atoms with E-state index in [0.29, 0.717) is 19.3 Å². The van der Waals surface area contributed by atoms with Crippen molar-refractivity contribution in [1.29, 1.82) is 0 Å². The topological polar surface area (TPSA) is 105 Å². The van der Waals surface area contributed by atoms with Gasteiger partial charge in [-0.3, -0.25) is 9.59 Å². The van der Waals surface area contributed by atoms with Crippen molar-refractivity contribution in [3.63, 3.8) is 0 Å². The summed E-state index contributed by atoms with van der Waals surface area (Å²) in [7, 11) is 0. The fourth-order valence-electron chi connectivity index (χ4n) is 6.17. The van der Waals surface area contributed by atoms with Crippen LogP contribution in [0.4, 0.5) is 4.79 Å². The van der Waals surface area contributed by atoms with E-state index >= 15 is 0 Å². The van der Waals surface area contributed by atoms with Crippen LogP contribution in [0.3, 0.4) is 0 Å². The number of hydrogen-bond acceptors (Lipinski definition) is 4. The van der Waals surface area contributed by atoms with E-state index < -0.39 is 17.6 Å². The summed E-state index contributed by atoms with van der Waals surface area (Å²) in [5.74, 6) is -1.34. The molecule has 0 radical (unpaired) electrons. The van der Waals surface area contributed by atoms with Crippen LogP contribution in [0.2, 0.25) is 0 Å². The minimum absolute atomic E-state index is 0.0134. The van der Waals surface area contributed by atoms with Gasteiger partial charge in [-0.25, -0.2) is 4.79 Å². The first kappa shape index (κ1) is 23.4. The van der Waals surface area contributed by atoms with E-state index in [9.17, 15) is 19.5 Å². The number of alkyl carbamates (subject to hydrolysis) is 1. The third-order valence-electron chi connectivity index (χ3n) is 7.92. The number of carboxylic acids is 1. The number of benzene rings is 2. The van der Waals surface area contributed by atoms with Gasteiger partial charge in [-0.2, -0.15) is 0 Å². The quantitative estimate of drug-likeness (QED) is 0.542. The Kier molecular flexibility index (Phi) is 6.50. The number of nitrogens with one attached hydrogen (secondary N) is 2. The van der Waals surface area contributed by atoms with Crippen LogP contribution >= 0.6 is 0 Å². The number of rotatable bonds is 7. The Morgan fingerprint density at radius 1 is 0.943 bits per heavy atom. The van der Waals surface area contributed by atoms with Gasteiger partial charge in [0, 0.05) is 18.4 Å². The highest BCUT2D eigenvalue weighted by atomic mass is 16.5. The summed E-state index contributed by atoms with van der Waals surface area (Å²) >= 11 is 0. The number of carboxylic acid groups (broad SMARTS) is 1. The van der Waals surface area contributed by atoms with Crippen LogP contribution in [0.15, 0.2) is 48.5 Å². The first-order chi connectivity index (χ1) is 16.9. The number of carbonyl (C=O) groups is 3. The Hall–Kier alpha value is -3.35. The summed E-state index contributed by atoms with van der Waals surface area (Å²) in [4.78, 5) is 36.9. The molecule has 7 nitrogen and oxygen atoms in total. The molecule has 3 N–H and O–H groups in total. The van der Waals surface area contributed by atoms with Crippen molar-refractivity contribution < 1.29 is 24.2 Å². The molecule has 0 bridgehead atoms. The molecule has 3 aliphatic rings. The van der Waals surface area contributed by atoms with Gasteiger partial charge in [0.1, 0.15) is 6.61 Å². The molecule has 2 amide bonds. The van der Waals surface area contributed by atoms with Gasteiger partial charge in [-0.1, -0.05) is 61.4 Å². The van der Waals surface area contributed by atoms with Gasteiger partial charge in [0.15, 0.2) is 0 Å². The number of aliphatic carboxylic acids is 1. The summed E-state index contributed by atoms with van der Waals surface area (Å²) in [6, 6.07) is 16.3. The Bertz CT molecular complexity index is 1080. The molecular weight excluding hydrogens is 444 g/mol. The zero-order valence-corrected chi connectivity index (χ0v) is 19.8. The molecule has 2 aromatic carbocycles. The van der Waals surface area contributed by atoms with Crippen LogP contribution in [0, 0.1) is 5.92 Å². The standard InChI is InChI=1S/C28H32N2O5/c31-25(29-19-12-11-18(15-19)26(32)33)16-28(13-5-6-14-28)30-27(34)35-17-24-22-9-3-1-7-20(22)21-8-2-4-10-23(21)24/h1-4,7-10,18-19,24H,5-6,11-17H2,(H,29,31)(H,30,34)(H,32,33)/t18-,19+/m1/s1. The van der Waals surface area contributed by atoms with Gasteiger partial charge >= 0.3 is 12.1 Å². The summed E-state index contributed by atoms with van der Waals surface area (Å²) in [5.41, 5.74) is 4.06. The Morgan fingerprint density at radius 3 is 2.17 bits per heavy atom. The van der Waals surface area contributed by atoms with Crippen molar-refractivity contribution in [2.45, 2.75) is 68.9 Å². The second-order valence-corrected chi connectivity index (χ2v) is 10.2. The molecule has 2 aromatic rings. The number of fused-ring (bicyclic) bond motifs is 3. The normalized spacial score (nSPS) is 22.3. The van der Waals surface area contributed by atoms with Gasteiger partial charge < -0.3 is 20.5 Å². The van der Waals surface area contributed by atoms with E-state index in [0.717, 1.165) is 36.8 Å². The summed E-state index contributed by atoms with van der Waals surface area (Å²) in [6.07, 6.45) is 4.77. The molecule has 2 atom stereocenters. The monoisotopic (exact) mass is 476 g/mol. The van der Waals surface area contributed by atoms with Gasteiger partial charge in [-0.15, -0.1) is 0 Å². The molecule has 5 rings (SSSR count). The molecule has 2 saturated carbocycles. The van der Waals surface area contributed by atoms with Crippen LogP contribution in [0.5, 0.6) is 0 Å². The summed E-state index contributed by atoms with van der Waals surface area (Å²) in [6.45, 7) is 0.237. The zero-order valence-electron chi connectivity index (χ0n) is 19.8. The molecule has 7 heteroatoms. The Labute approximate surface area is 205 Å². The molecule has 0 saturated heterocycles. The fraction of sp³-hybridized carbons (Fsp3) is 0.464. The Balaban J connectivity index is 1.19. The lowest BCUT2D eigenvalue weighted by Gasteiger charge is -2.30. The summed E-state index contributed by atoms with van der Waals surface area (Å²) in [5, 5.41) is 15.2. The molecule has 0 unspecified atom stereocenters. The highest BCUT2D eigenvalue weighted by Gasteiger charge is 2.39. The fourth-order valence-corrected chi connectivity index (χ4v) is 6.17. The lowest BCUT2D eigenvalue weighted by molar-refractivity contribution is -0.141. The molecular formula is C28H32N2O5. The first-order valence-electron chi connectivity index (χ1n) is 12.6. The second kappa shape index (κ2) is 9.72. The number of ether oxygens (including phenoxy) is 1. The van der Waals surface area contributed by atoms with Gasteiger partial charge in [-0.05, 0) is 54.4 Å². The minimum atomic E-state index is -0.800. The van der Waals surface area contributed by atoms with Crippen molar-refractivity contribution in [1.82, 2.24) is 10.6 Å². The van der Waals surface area contributed by atoms with Gasteiger partial charge in [0.2, 0.25) is 5.91 Å². The third kappa shape index (κ3) is 4.90. The van der Waals surface area contributed by atoms with E-state index in [2.05, 4.69) is 34.9 Å². The van der Waals surface area contributed by atoms with E-state index in [1.807, 2.05) is 24.3 Å². The molecule has 0 spiro atoms. The molecule has 35 heavy (non-hydrogen) atoms. The van der Waals surface area contributed by atoms with Crippen molar-refractivity contribution in [2.24, 2.45) is 5.92 Å². The maximum atomic E-state index is 12.9. The average molecular weight is 477 g/mol. The number of amides is 2. The van der Waals surface area contributed by atoms with Crippen molar-refractivity contribution in [3.8, 4) is 11.1 Å². The molecule has 0 aliphatic heterocycles. The minimum Gasteiger partial charge on any atom is -0.481 e. The van der Waals surface area contributed by atoms with Gasteiger partial charge in [0.05, 0.1) is 11.5 Å². The van der Waals surface area contributed by atoms with E-state index in [-0.39, 0.29) is 36.8 Å². The summed E-state index contributed by atoms with van der Waals surface area (Å²) < 4.78 is 5.74. The number of hydrogen-bond donors (Lipinski definition) is 3. The predicted molar refractivity (Wildman–Crippen MR) is 131 cm³/mol. The largest absolute Gasteiger partial charge is 0.481 e.